The molecule has 2 aliphatic heterocycles. The van der Waals surface area contributed by atoms with E-state index in [2.05, 4.69) is 0 Å². The van der Waals surface area contributed by atoms with Gasteiger partial charge in [-0.3, -0.25) is 4.79 Å². The second kappa shape index (κ2) is 8.97. The predicted octanol–water partition coefficient (Wildman–Crippen LogP) is 2.40. The molecule has 1 fully saturated rings. The van der Waals surface area contributed by atoms with E-state index in [1.165, 1.54) is 11.4 Å². The number of anilines is 1. The molecule has 0 aliphatic carbocycles. The number of ether oxygens (including phenoxy) is 2. The zero-order chi connectivity index (χ0) is 21.1. The quantitative estimate of drug-likeness (QED) is 0.699. The van der Waals surface area contributed by atoms with Gasteiger partial charge in [-0.1, -0.05) is 18.2 Å². The summed E-state index contributed by atoms with van der Waals surface area (Å²) in [6.07, 6.45) is 0.120. The standard InChI is InChI=1S/C21H24N2O5S2/c1-27-18-7-6-16(14-20(18)30(25,26)22-8-11-28-12-9-22)15-21(24)23-10-13-29-19-5-3-2-4-17(19)23/h2-7,14H,8-13,15H2,1H3. The van der Waals surface area contributed by atoms with Crippen molar-refractivity contribution in [2.75, 3.05) is 50.6 Å². The summed E-state index contributed by atoms with van der Waals surface area (Å²) in [5, 5.41) is 0. The lowest BCUT2D eigenvalue weighted by Crippen LogP contribution is -2.40. The number of hydrogen-bond donors (Lipinski definition) is 0. The summed E-state index contributed by atoms with van der Waals surface area (Å²) >= 11 is 1.74. The lowest BCUT2D eigenvalue weighted by atomic mass is 10.1. The summed E-state index contributed by atoms with van der Waals surface area (Å²) in [6.45, 7) is 1.97. The van der Waals surface area contributed by atoms with Gasteiger partial charge in [-0.25, -0.2) is 8.42 Å². The molecule has 0 saturated carbocycles. The van der Waals surface area contributed by atoms with Crippen LogP contribution in [0.4, 0.5) is 5.69 Å². The molecule has 0 N–H and O–H groups in total. The molecule has 160 valence electrons. The predicted molar refractivity (Wildman–Crippen MR) is 116 cm³/mol. The Labute approximate surface area is 181 Å². The molecule has 2 aromatic carbocycles. The monoisotopic (exact) mass is 448 g/mol. The van der Waals surface area contributed by atoms with E-state index >= 15 is 0 Å². The number of sulfonamides is 1. The van der Waals surface area contributed by atoms with Crippen molar-refractivity contribution in [2.45, 2.75) is 16.2 Å². The van der Waals surface area contributed by atoms with Crippen LogP contribution in [0.5, 0.6) is 5.75 Å². The Hall–Kier alpha value is -2.07. The number of amides is 1. The van der Waals surface area contributed by atoms with Gasteiger partial charge in [-0.15, -0.1) is 11.8 Å². The lowest BCUT2D eigenvalue weighted by Gasteiger charge is -2.29. The van der Waals surface area contributed by atoms with Crippen LogP contribution in [0.1, 0.15) is 5.56 Å². The van der Waals surface area contributed by atoms with Gasteiger partial charge in [0.15, 0.2) is 0 Å². The van der Waals surface area contributed by atoms with Crippen molar-refractivity contribution in [1.29, 1.82) is 0 Å². The highest BCUT2D eigenvalue weighted by Gasteiger charge is 2.30. The highest BCUT2D eigenvalue weighted by Crippen LogP contribution is 2.35. The third-order valence-corrected chi connectivity index (χ3v) is 8.16. The van der Waals surface area contributed by atoms with Crippen molar-refractivity contribution in [3.63, 3.8) is 0 Å². The van der Waals surface area contributed by atoms with Crippen molar-refractivity contribution in [3.8, 4) is 5.75 Å². The number of para-hydroxylation sites is 1. The van der Waals surface area contributed by atoms with Crippen LogP contribution in [0.15, 0.2) is 52.3 Å². The molecule has 7 nitrogen and oxygen atoms in total. The zero-order valence-electron chi connectivity index (χ0n) is 16.7. The number of nitrogens with zero attached hydrogens (tertiary/aromatic N) is 2. The Morgan fingerprint density at radius 3 is 2.67 bits per heavy atom. The highest BCUT2D eigenvalue weighted by atomic mass is 32.2. The molecule has 4 rings (SSSR count). The van der Waals surface area contributed by atoms with Crippen LogP contribution in [-0.4, -0.2) is 64.3 Å². The molecule has 9 heteroatoms. The maximum Gasteiger partial charge on any atom is 0.246 e. The number of carbonyl (C=O) groups is 1. The van der Waals surface area contributed by atoms with Gasteiger partial charge in [-0.05, 0) is 29.8 Å². The van der Waals surface area contributed by atoms with Crippen molar-refractivity contribution in [3.05, 3.63) is 48.0 Å². The minimum absolute atomic E-state index is 0.0531. The van der Waals surface area contributed by atoms with E-state index in [1.54, 1.807) is 34.9 Å². The maximum absolute atomic E-state index is 13.2. The van der Waals surface area contributed by atoms with Gasteiger partial charge >= 0.3 is 0 Å². The van der Waals surface area contributed by atoms with Crippen LogP contribution in [0.3, 0.4) is 0 Å². The number of morpholine rings is 1. The van der Waals surface area contributed by atoms with Crippen LogP contribution in [0.2, 0.25) is 0 Å². The van der Waals surface area contributed by atoms with E-state index in [4.69, 9.17) is 9.47 Å². The van der Waals surface area contributed by atoms with Crippen molar-refractivity contribution < 1.29 is 22.7 Å². The Morgan fingerprint density at radius 2 is 1.90 bits per heavy atom. The molecule has 1 saturated heterocycles. The first-order valence-corrected chi connectivity index (χ1v) is 12.2. The van der Waals surface area contributed by atoms with Crippen LogP contribution in [0.25, 0.3) is 0 Å². The fourth-order valence-corrected chi connectivity index (χ4v) is 6.27. The van der Waals surface area contributed by atoms with Gasteiger partial charge in [0.1, 0.15) is 10.6 Å². The molecule has 1 amide bonds. The van der Waals surface area contributed by atoms with Crippen molar-refractivity contribution >= 4 is 33.4 Å². The molecule has 2 aromatic rings. The van der Waals surface area contributed by atoms with Gasteiger partial charge in [0.2, 0.25) is 15.9 Å². The third kappa shape index (κ3) is 4.20. The molecule has 0 unspecified atom stereocenters. The molecule has 0 bridgehead atoms. The summed E-state index contributed by atoms with van der Waals surface area (Å²) < 4.78 is 38.3. The van der Waals surface area contributed by atoms with E-state index in [9.17, 15) is 13.2 Å². The third-order valence-electron chi connectivity index (χ3n) is 5.20. The minimum atomic E-state index is -3.74. The Bertz CT molecular complexity index is 1040. The number of carbonyl (C=O) groups excluding carboxylic acids is 1. The maximum atomic E-state index is 13.2. The number of thioether (sulfide) groups is 1. The zero-order valence-corrected chi connectivity index (χ0v) is 18.4. The molecule has 2 aliphatic rings. The van der Waals surface area contributed by atoms with Gasteiger partial charge in [-0.2, -0.15) is 4.31 Å². The van der Waals surface area contributed by atoms with Gasteiger partial charge < -0.3 is 14.4 Å². The van der Waals surface area contributed by atoms with E-state index in [-0.39, 0.29) is 23.0 Å². The number of rotatable bonds is 5. The van der Waals surface area contributed by atoms with E-state index < -0.39 is 10.0 Å². The Balaban J connectivity index is 1.60. The van der Waals surface area contributed by atoms with E-state index in [0.29, 0.717) is 38.4 Å². The normalized spacial score (nSPS) is 17.4. The Morgan fingerprint density at radius 1 is 1.13 bits per heavy atom. The van der Waals surface area contributed by atoms with E-state index in [1.807, 2.05) is 24.3 Å². The first kappa shape index (κ1) is 21.2. The second-order valence-corrected chi connectivity index (χ2v) is 10.1. The molecular weight excluding hydrogens is 424 g/mol. The van der Waals surface area contributed by atoms with Crippen LogP contribution in [-0.2, 0) is 26.0 Å². The SMILES string of the molecule is COc1ccc(CC(=O)N2CCSc3ccccc32)cc1S(=O)(=O)N1CCOCC1. The number of fused-ring (bicyclic) bond motifs is 1. The summed E-state index contributed by atoms with van der Waals surface area (Å²) in [6, 6.07) is 12.8. The fraction of sp³-hybridized carbons (Fsp3) is 0.381. The molecule has 30 heavy (non-hydrogen) atoms. The molecule has 0 atom stereocenters. The average Bonchev–Trinajstić information content (AvgIpc) is 2.79. The first-order valence-electron chi connectivity index (χ1n) is 9.78. The minimum Gasteiger partial charge on any atom is -0.495 e. The summed E-state index contributed by atoms with van der Waals surface area (Å²) in [5.41, 5.74) is 1.55. The van der Waals surface area contributed by atoms with Crippen LogP contribution < -0.4 is 9.64 Å². The largest absolute Gasteiger partial charge is 0.495 e. The fourth-order valence-electron chi connectivity index (χ4n) is 3.66. The molecular formula is C21H24N2O5S2. The smallest absolute Gasteiger partial charge is 0.246 e. The van der Waals surface area contributed by atoms with Crippen LogP contribution >= 0.6 is 11.8 Å². The molecule has 0 radical (unpaired) electrons. The number of hydrogen-bond acceptors (Lipinski definition) is 6. The summed E-state index contributed by atoms with van der Waals surface area (Å²) in [7, 11) is -2.29. The Kier molecular flexibility index (Phi) is 6.33. The molecule has 0 spiro atoms. The highest BCUT2D eigenvalue weighted by molar-refractivity contribution is 7.99. The van der Waals surface area contributed by atoms with E-state index in [0.717, 1.165) is 16.3 Å². The first-order chi connectivity index (χ1) is 14.5. The lowest BCUT2D eigenvalue weighted by molar-refractivity contribution is -0.118. The number of benzene rings is 2. The summed E-state index contributed by atoms with van der Waals surface area (Å²) in [4.78, 5) is 16.0. The second-order valence-electron chi connectivity index (χ2n) is 7.04. The van der Waals surface area contributed by atoms with Crippen LogP contribution in [0, 0.1) is 0 Å². The van der Waals surface area contributed by atoms with Crippen molar-refractivity contribution in [2.24, 2.45) is 0 Å². The summed E-state index contributed by atoms with van der Waals surface area (Å²) in [5.74, 6) is 1.06. The topological polar surface area (TPSA) is 76.2 Å². The van der Waals surface area contributed by atoms with Gasteiger partial charge in [0, 0.05) is 30.3 Å². The van der Waals surface area contributed by atoms with Gasteiger partial charge in [0.05, 0.1) is 32.4 Å². The molecule has 0 aromatic heterocycles. The van der Waals surface area contributed by atoms with Crippen molar-refractivity contribution in [1.82, 2.24) is 4.31 Å². The molecule has 2 heterocycles. The van der Waals surface area contributed by atoms with Gasteiger partial charge in [0.25, 0.3) is 0 Å². The number of methoxy groups -OCH3 is 1. The average molecular weight is 449 g/mol.